The van der Waals surface area contributed by atoms with Crippen LogP contribution in [0.1, 0.15) is 42.7 Å². The van der Waals surface area contributed by atoms with Gasteiger partial charge in [-0.25, -0.2) is 9.18 Å². The summed E-state index contributed by atoms with van der Waals surface area (Å²) in [6, 6.07) is 3.81. The smallest absolute Gasteiger partial charge is 0.335 e. The summed E-state index contributed by atoms with van der Waals surface area (Å²) in [5.74, 6) is -1.38. The molecule has 0 saturated heterocycles. The van der Waals surface area contributed by atoms with Crippen LogP contribution in [0, 0.1) is 5.82 Å². The van der Waals surface area contributed by atoms with E-state index in [2.05, 4.69) is 4.90 Å². The SMILES string of the molecule is CCN(CC)C(C)c1cc(C(=O)O)ccc1F. The first kappa shape index (κ1) is 13.6. The summed E-state index contributed by atoms with van der Waals surface area (Å²) in [4.78, 5) is 12.9. The van der Waals surface area contributed by atoms with E-state index in [9.17, 15) is 9.18 Å². The maximum Gasteiger partial charge on any atom is 0.335 e. The number of carboxylic acids is 1. The highest BCUT2D eigenvalue weighted by Gasteiger charge is 2.18. The average Bonchev–Trinajstić information content (AvgIpc) is 2.30. The second-order valence-electron chi connectivity index (χ2n) is 3.94. The molecule has 1 N–H and O–H groups in total. The second kappa shape index (κ2) is 5.77. The fraction of sp³-hybridized carbons (Fsp3) is 0.462. The lowest BCUT2D eigenvalue weighted by atomic mass is 10.0. The van der Waals surface area contributed by atoms with E-state index < -0.39 is 5.97 Å². The lowest BCUT2D eigenvalue weighted by Crippen LogP contribution is -2.27. The van der Waals surface area contributed by atoms with Crippen molar-refractivity contribution in [2.24, 2.45) is 0 Å². The third kappa shape index (κ3) is 3.03. The van der Waals surface area contributed by atoms with E-state index in [4.69, 9.17) is 5.11 Å². The molecule has 0 bridgehead atoms. The zero-order valence-electron chi connectivity index (χ0n) is 10.4. The molecule has 0 aromatic heterocycles. The van der Waals surface area contributed by atoms with Crippen molar-refractivity contribution < 1.29 is 14.3 Å². The maximum atomic E-state index is 13.7. The van der Waals surface area contributed by atoms with Crippen LogP contribution in [0.4, 0.5) is 4.39 Å². The molecule has 3 nitrogen and oxygen atoms in total. The highest BCUT2D eigenvalue weighted by Crippen LogP contribution is 2.23. The van der Waals surface area contributed by atoms with Crippen LogP contribution in [0.5, 0.6) is 0 Å². The molecule has 1 unspecified atom stereocenters. The third-order valence-electron chi connectivity index (χ3n) is 3.05. The van der Waals surface area contributed by atoms with E-state index >= 15 is 0 Å². The van der Waals surface area contributed by atoms with Crippen molar-refractivity contribution in [1.29, 1.82) is 0 Å². The van der Waals surface area contributed by atoms with Crippen LogP contribution in [0.3, 0.4) is 0 Å². The molecule has 94 valence electrons. The highest BCUT2D eigenvalue weighted by atomic mass is 19.1. The monoisotopic (exact) mass is 239 g/mol. The molecule has 0 aliphatic heterocycles. The lowest BCUT2D eigenvalue weighted by molar-refractivity contribution is 0.0696. The zero-order chi connectivity index (χ0) is 13.0. The van der Waals surface area contributed by atoms with Crippen molar-refractivity contribution in [3.63, 3.8) is 0 Å². The largest absolute Gasteiger partial charge is 0.478 e. The van der Waals surface area contributed by atoms with Crippen LogP contribution < -0.4 is 0 Å². The number of rotatable bonds is 5. The Balaban J connectivity index is 3.11. The van der Waals surface area contributed by atoms with Crippen molar-refractivity contribution in [2.45, 2.75) is 26.8 Å². The molecule has 0 radical (unpaired) electrons. The molecule has 1 atom stereocenters. The van der Waals surface area contributed by atoms with Crippen molar-refractivity contribution in [3.8, 4) is 0 Å². The van der Waals surface area contributed by atoms with E-state index in [1.807, 2.05) is 20.8 Å². The molecule has 0 heterocycles. The summed E-state index contributed by atoms with van der Waals surface area (Å²) in [6.07, 6.45) is 0. The van der Waals surface area contributed by atoms with Gasteiger partial charge in [0.25, 0.3) is 0 Å². The van der Waals surface area contributed by atoms with E-state index in [0.717, 1.165) is 13.1 Å². The highest BCUT2D eigenvalue weighted by molar-refractivity contribution is 5.87. The van der Waals surface area contributed by atoms with Gasteiger partial charge < -0.3 is 5.11 Å². The Morgan fingerprint density at radius 2 is 2.00 bits per heavy atom. The van der Waals surface area contributed by atoms with E-state index in [0.29, 0.717) is 5.56 Å². The molecule has 0 amide bonds. The van der Waals surface area contributed by atoms with Gasteiger partial charge >= 0.3 is 5.97 Å². The summed E-state index contributed by atoms with van der Waals surface area (Å²) >= 11 is 0. The van der Waals surface area contributed by atoms with Gasteiger partial charge in [0.2, 0.25) is 0 Å². The molecular formula is C13H18FNO2. The fourth-order valence-electron chi connectivity index (χ4n) is 1.96. The van der Waals surface area contributed by atoms with Crippen LogP contribution in [-0.2, 0) is 0 Å². The van der Waals surface area contributed by atoms with Gasteiger partial charge in [0.15, 0.2) is 0 Å². The molecule has 17 heavy (non-hydrogen) atoms. The maximum absolute atomic E-state index is 13.7. The van der Waals surface area contributed by atoms with Crippen LogP contribution >= 0.6 is 0 Å². The molecule has 0 aliphatic carbocycles. The number of benzene rings is 1. The van der Waals surface area contributed by atoms with Crippen molar-refractivity contribution in [1.82, 2.24) is 4.90 Å². The quantitative estimate of drug-likeness (QED) is 0.858. The Hall–Kier alpha value is -1.42. The van der Waals surface area contributed by atoms with Crippen LogP contribution in [-0.4, -0.2) is 29.1 Å². The molecule has 1 aromatic rings. The summed E-state index contributed by atoms with van der Waals surface area (Å²) in [5, 5.41) is 8.90. The van der Waals surface area contributed by atoms with E-state index in [1.165, 1.54) is 18.2 Å². The number of halogens is 1. The van der Waals surface area contributed by atoms with Gasteiger partial charge in [0.1, 0.15) is 5.82 Å². The van der Waals surface area contributed by atoms with Crippen molar-refractivity contribution >= 4 is 5.97 Å². The zero-order valence-corrected chi connectivity index (χ0v) is 10.4. The van der Waals surface area contributed by atoms with Gasteiger partial charge in [0, 0.05) is 11.6 Å². The lowest BCUT2D eigenvalue weighted by Gasteiger charge is -2.27. The molecule has 1 aromatic carbocycles. The van der Waals surface area contributed by atoms with Gasteiger partial charge in [-0.3, -0.25) is 4.90 Å². The normalized spacial score (nSPS) is 12.8. The Morgan fingerprint density at radius 1 is 1.41 bits per heavy atom. The van der Waals surface area contributed by atoms with E-state index in [-0.39, 0.29) is 17.4 Å². The molecule has 0 fully saturated rings. The molecule has 1 rings (SSSR count). The topological polar surface area (TPSA) is 40.5 Å². The Labute approximate surface area is 101 Å². The third-order valence-corrected chi connectivity index (χ3v) is 3.05. The number of aromatic carboxylic acids is 1. The van der Waals surface area contributed by atoms with Gasteiger partial charge in [0.05, 0.1) is 5.56 Å². The standard InChI is InChI=1S/C13H18FNO2/c1-4-15(5-2)9(3)11-8-10(13(16)17)6-7-12(11)14/h6-9H,4-5H2,1-3H3,(H,16,17). The molecule has 0 spiro atoms. The number of nitrogens with zero attached hydrogens (tertiary/aromatic N) is 1. The molecule has 0 aliphatic rings. The van der Waals surface area contributed by atoms with Gasteiger partial charge in [-0.05, 0) is 38.2 Å². The summed E-state index contributed by atoms with van der Waals surface area (Å²) in [7, 11) is 0. The summed E-state index contributed by atoms with van der Waals surface area (Å²) < 4.78 is 13.7. The predicted octanol–water partition coefficient (Wildman–Crippen LogP) is 2.93. The minimum atomic E-state index is -1.03. The van der Waals surface area contributed by atoms with Crippen LogP contribution in [0.2, 0.25) is 0 Å². The van der Waals surface area contributed by atoms with Crippen molar-refractivity contribution in [3.05, 3.63) is 35.1 Å². The summed E-state index contributed by atoms with van der Waals surface area (Å²) in [6.45, 7) is 7.48. The van der Waals surface area contributed by atoms with Gasteiger partial charge in [-0.15, -0.1) is 0 Å². The van der Waals surface area contributed by atoms with Gasteiger partial charge in [-0.2, -0.15) is 0 Å². The first-order valence-corrected chi connectivity index (χ1v) is 5.78. The second-order valence-corrected chi connectivity index (χ2v) is 3.94. The Kier molecular flexibility index (Phi) is 4.63. The van der Waals surface area contributed by atoms with Gasteiger partial charge in [-0.1, -0.05) is 13.8 Å². The first-order chi connectivity index (χ1) is 8.01. The van der Waals surface area contributed by atoms with Crippen LogP contribution in [0.15, 0.2) is 18.2 Å². The molecule has 0 saturated carbocycles. The number of carboxylic acid groups (broad SMARTS) is 1. The minimum Gasteiger partial charge on any atom is -0.478 e. The number of carbonyl (C=O) groups is 1. The number of hydrogen-bond acceptors (Lipinski definition) is 2. The summed E-state index contributed by atoms with van der Waals surface area (Å²) in [5.41, 5.74) is 0.564. The van der Waals surface area contributed by atoms with Crippen molar-refractivity contribution in [2.75, 3.05) is 13.1 Å². The molecule has 4 heteroatoms. The Bertz CT molecular complexity index is 402. The fourth-order valence-corrected chi connectivity index (χ4v) is 1.96. The first-order valence-electron chi connectivity index (χ1n) is 5.78. The minimum absolute atomic E-state index is 0.121. The Morgan fingerprint density at radius 3 is 2.47 bits per heavy atom. The number of hydrogen-bond donors (Lipinski definition) is 1. The molecular weight excluding hydrogens is 221 g/mol. The predicted molar refractivity (Wildman–Crippen MR) is 64.7 cm³/mol. The van der Waals surface area contributed by atoms with E-state index in [1.54, 1.807) is 0 Å². The average molecular weight is 239 g/mol. The van der Waals surface area contributed by atoms with Crippen LogP contribution in [0.25, 0.3) is 0 Å².